The van der Waals surface area contributed by atoms with Gasteiger partial charge in [0.05, 0.1) is 0 Å². The van der Waals surface area contributed by atoms with Crippen LogP contribution in [0.25, 0.3) is 0 Å². The molecule has 0 heterocycles. The second-order valence-corrected chi connectivity index (χ2v) is 9.04. The first-order valence-electron chi connectivity index (χ1n) is 13.5. The van der Waals surface area contributed by atoms with Crippen molar-refractivity contribution in [3.05, 3.63) is 0 Å². The van der Waals surface area contributed by atoms with Gasteiger partial charge in [-0.1, -0.05) is 149 Å². The Morgan fingerprint density at radius 1 is 0.310 bits per heavy atom. The fraction of sp³-hybridized carbons (Fsp3) is 1.00. The average Bonchev–Trinajstić information content (AvgIpc) is 2.71. The lowest BCUT2D eigenvalue weighted by Crippen LogP contribution is -1.97. The van der Waals surface area contributed by atoms with E-state index in [-0.39, 0.29) is 5.48 Å². The molecular weight excluding hydrogens is 356 g/mol. The molecule has 0 atom stereocenters. The highest BCUT2D eigenvalue weighted by Crippen LogP contribution is 2.13. The van der Waals surface area contributed by atoms with Gasteiger partial charge < -0.3 is 10.2 Å². The highest BCUT2D eigenvalue weighted by molar-refractivity contribution is 4.50. The van der Waals surface area contributed by atoms with E-state index < -0.39 is 0 Å². The fourth-order valence-corrected chi connectivity index (χ4v) is 4.02. The molecule has 0 amide bonds. The van der Waals surface area contributed by atoms with Gasteiger partial charge in [0.1, 0.15) is 0 Å². The third-order valence-electron chi connectivity index (χ3n) is 6.03. The summed E-state index contributed by atoms with van der Waals surface area (Å²) in [6, 6.07) is 0. The summed E-state index contributed by atoms with van der Waals surface area (Å²) in [7, 11) is 0. The van der Waals surface area contributed by atoms with Crippen LogP contribution in [0.5, 0.6) is 0 Å². The summed E-state index contributed by atoms with van der Waals surface area (Å²) >= 11 is 0. The lowest BCUT2D eigenvalue weighted by Gasteiger charge is -2.05. The molecule has 0 aromatic carbocycles. The molecule has 0 spiro atoms. The van der Waals surface area contributed by atoms with Gasteiger partial charge in [0.2, 0.25) is 0 Å². The van der Waals surface area contributed by atoms with Crippen molar-refractivity contribution in [1.82, 2.24) is 0 Å². The van der Waals surface area contributed by atoms with Gasteiger partial charge in [-0.15, -0.1) is 0 Å². The topological polar surface area (TPSA) is 40.7 Å². The van der Waals surface area contributed by atoms with Crippen molar-refractivity contribution in [3.63, 3.8) is 0 Å². The van der Waals surface area contributed by atoms with Crippen LogP contribution >= 0.6 is 0 Å². The summed E-state index contributed by atoms with van der Waals surface area (Å²) in [5.74, 6) is 0. The lowest BCUT2D eigenvalue weighted by molar-refractivity contribution is 0.125. The van der Waals surface area contributed by atoms with Crippen molar-refractivity contribution >= 4 is 0 Å². The minimum absolute atomic E-state index is 0. The Bertz CT molecular complexity index is 229. The standard InChI is InChI=1S/C27H56O.H2O/c1-3-5-7-9-11-13-15-16-17-19-21-23-25-27-28-26-24-22-20-18-14-12-10-8-6-4-2;/h3-27H2,1-2H3;1H2. The molecule has 0 aromatic rings. The first-order valence-corrected chi connectivity index (χ1v) is 13.5. The van der Waals surface area contributed by atoms with E-state index in [4.69, 9.17) is 4.74 Å². The first-order chi connectivity index (χ1) is 13.9. The number of hydrogen-bond acceptors (Lipinski definition) is 1. The molecule has 0 radical (unpaired) electrons. The molecule has 178 valence electrons. The van der Waals surface area contributed by atoms with Crippen LogP contribution in [0.2, 0.25) is 0 Å². The zero-order valence-electron chi connectivity index (χ0n) is 20.6. The van der Waals surface area contributed by atoms with E-state index in [2.05, 4.69) is 13.8 Å². The quantitative estimate of drug-likeness (QED) is 0.137. The molecular formula is C27H58O2. The average molecular weight is 415 g/mol. The van der Waals surface area contributed by atoms with Crippen molar-refractivity contribution in [2.24, 2.45) is 0 Å². The number of ether oxygens (including phenoxy) is 1. The third kappa shape index (κ3) is 30.2. The molecule has 2 nitrogen and oxygen atoms in total. The van der Waals surface area contributed by atoms with Crippen molar-refractivity contribution in [3.8, 4) is 0 Å². The maximum Gasteiger partial charge on any atom is 0.0466 e. The zero-order valence-corrected chi connectivity index (χ0v) is 20.6. The molecule has 0 aliphatic rings. The van der Waals surface area contributed by atoms with Crippen LogP contribution in [0.3, 0.4) is 0 Å². The molecule has 2 N–H and O–H groups in total. The number of hydrogen-bond donors (Lipinski definition) is 0. The first kappa shape index (κ1) is 31.1. The van der Waals surface area contributed by atoms with E-state index in [0.29, 0.717) is 0 Å². The van der Waals surface area contributed by atoms with Crippen molar-refractivity contribution in [1.29, 1.82) is 0 Å². The van der Waals surface area contributed by atoms with Gasteiger partial charge in [-0.25, -0.2) is 0 Å². The van der Waals surface area contributed by atoms with Crippen LogP contribution in [0.15, 0.2) is 0 Å². The van der Waals surface area contributed by atoms with Gasteiger partial charge in [0.15, 0.2) is 0 Å². The Morgan fingerprint density at radius 2 is 0.517 bits per heavy atom. The normalized spacial score (nSPS) is 11.0. The van der Waals surface area contributed by atoms with E-state index in [9.17, 15) is 0 Å². The van der Waals surface area contributed by atoms with Crippen LogP contribution in [-0.4, -0.2) is 18.7 Å². The lowest BCUT2D eigenvalue weighted by atomic mass is 10.0. The zero-order chi connectivity index (χ0) is 20.4. The largest absolute Gasteiger partial charge is 0.412 e. The molecule has 0 aromatic heterocycles. The van der Waals surface area contributed by atoms with Gasteiger partial charge in [-0.2, -0.15) is 0 Å². The summed E-state index contributed by atoms with van der Waals surface area (Å²) < 4.78 is 5.81. The highest BCUT2D eigenvalue weighted by atomic mass is 16.5. The van der Waals surface area contributed by atoms with E-state index in [1.807, 2.05) is 0 Å². The Hall–Kier alpha value is -0.0800. The summed E-state index contributed by atoms with van der Waals surface area (Å²) in [5.41, 5.74) is 0. The molecule has 0 saturated carbocycles. The second-order valence-electron chi connectivity index (χ2n) is 9.04. The predicted molar refractivity (Wildman–Crippen MR) is 132 cm³/mol. The Morgan fingerprint density at radius 3 is 0.759 bits per heavy atom. The smallest absolute Gasteiger partial charge is 0.0466 e. The van der Waals surface area contributed by atoms with Crippen LogP contribution in [0.4, 0.5) is 0 Å². The van der Waals surface area contributed by atoms with Crippen molar-refractivity contribution in [2.45, 2.75) is 162 Å². The van der Waals surface area contributed by atoms with E-state index >= 15 is 0 Å². The van der Waals surface area contributed by atoms with Gasteiger partial charge in [0, 0.05) is 13.2 Å². The van der Waals surface area contributed by atoms with Crippen molar-refractivity contribution < 1.29 is 10.2 Å². The second kappa shape index (κ2) is 30.1. The summed E-state index contributed by atoms with van der Waals surface area (Å²) in [6.45, 7) is 6.58. The van der Waals surface area contributed by atoms with Crippen LogP contribution < -0.4 is 0 Å². The van der Waals surface area contributed by atoms with E-state index in [0.717, 1.165) is 13.2 Å². The number of unbranched alkanes of at least 4 members (excludes halogenated alkanes) is 21. The van der Waals surface area contributed by atoms with Gasteiger partial charge in [-0.3, -0.25) is 0 Å². The van der Waals surface area contributed by atoms with E-state index in [1.54, 1.807) is 0 Å². The van der Waals surface area contributed by atoms with Crippen molar-refractivity contribution in [2.75, 3.05) is 13.2 Å². The molecule has 0 unspecified atom stereocenters. The Kier molecular flexibility index (Phi) is 32.3. The monoisotopic (exact) mass is 414 g/mol. The summed E-state index contributed by atoms with van der Waals surface area (Å²) in [5, 5.41) is 0. The fourth-order valence-electron chi connectivity index (χ4n) is 4.02. The van der Waals surface area contributed by atoms with Gasteiger partial charge in [0.25, 0.3) is 0 Å². The molecule has 0 saturated heterocycles. The third-order valence-corrected chi connectivity index (χ3v) is 6.03. The van der Waals surface area contributed by atoms with Crippen LogP contribution in [0, 0.1) is 0 Å². The Labute approximate surface area is 185 Å². The van der Waals surface area contributed by atoms with Crippen LogP contribution in [0.1, 0.15) is 162 Å². The predicted octanol–water partition coefficient (Wildman–Crippen LogP) is 9.19. The molecule has 2 heteroatoms. The maximum atomic E-state index is 5.81. The summed E-state index contributed by atoms with van der Waals surface area (Å²) in [6.07, 6.45) is 32.6. The molecule has 0 rings (SSSR count). The van der Waals surface area contributed by atoms with Gasteiger partial charge in [-0.05, 0) is 12.8 Å². The molecule has 0 fully saturated rings. The molecule has 0 aliphatic carbocycles. The van der Waals surface area contributed by atoms with Crippen LogP contribution in [-0.2, 0) is 4.74 Å². The van der Waals surface area contributed by atoms with Gasteiger partial charge >= 0.3 is 0 Å². The Balaban J connectivity index is 0. The molecule has 29 heavy (non-hydrogen) atoms. The SMILES string of the molecule is CCCCCCCCCCCCCCCOCCCCCCCCCCCC.O. The minimum atomic E-state index is 0. The number of rotatable bonds is 25. The minimum Gasteiger partial charge on any atom is -0.412 e. The van der Waals surface area contributed by atoms with E-state index in [1.165, 1.54) is 148 Å². The molecule has 0 bridgehead atoms. The highest BCUT2D eigenvalue weighted by Gasteiger charge is 1.95. The maximum absolute atomic E-state index is 5.81. The molecule has 0 aliphatic heterocycles. The summed E-state index contributed by atoms with van der Waals surface area (Å²) in [4.78, 5) is 0.